The minimum atomic E-state index is -0.742. The van der Waals surface area contributed by atoms with E-state index in [1.54, 1.807) is 24.3 Å². The molecule has 8 heteroatoms. The van der Waals surface area contributed by atoms with Gasteiger partial charge in [-0.25, -0.2) is 4.79 Å². The number of carbonyl (C=O) groups is 2. The van der Waals surface area contributed by atoms with Gasteiger partial charge in [0.1, 0.15) is 11.9 Å². The van der Waals surface area contributed by atoms with Gasteiger partial charge in [-0.2, -0.15) is 0 Å². The SMILES string of the molecule is O=C(CBr)OC(COC(=O)c1ccc([N+](=O)[O-])cc1)c1ccccc1. The number of hydrogen-bond acceptors (Lipinski definition) is 6. The van der Waals surface area contributed by atoms with Crippen molar-refractivity contribution >= 4 is 33.6 Å². The van der Waals surface area contributed by atoms with Crippen molar-refractivity contribution in [1.82, 2.24) is 0 Å². The normalized spacial score (nSPS) is 11.4. The summed E-state index contributed by atoms with van der Waals surface area (Å²) in [6.07, 6.45) is -0.742. The zero-order valence-corrected chi connectivity index (χ0v) is 14.5. The molecule has 0 fully saturated rings. The minimum absolute atomic E-state index is 0.0205. The Bertz CT molecular complexity index is 747. The van der Waals surface area contributed by atoms with Crippen molar-refractivity contribution < 1.29 is 24.0 Å². The first-order valence-electron chi connectivity index (χ1n) is 7.23. The first-order chi connectivity index (χ1) is 12.0. The fourth-order valence-electron chi connectivity index (χ4n) is 2.01. The summed E-state index contributed by atoms with van der Waals surface area (Å²) in [6.45, 7) is -0.168. The Balaban J connectivity index is 2.05. The first-order valence-corrected chi connectivity index (χ1v) is 8.35. The van der Waals surface area contributed by atoms with E-state index in [1.165, 1.54) is 24.3 Å². The number of non-ortho nitro benzene ring substituents is 1. The highest BCUT2D eigenvalue weighted by Gasteiger charge is 2.19. The Morgan fingerprint density at radius 1 is 1.08 bits per heavy atom. The number of nitro benzene ring substituents is 1. The van der Waals surface area contributed by atoms with Crippen molar-refractivity contribution in [2.45, 2.75) is 6.10 Å². The third-order valence-corrected chi connectivity index (χ3v) is 3.69. The highest BCUT2D eigenvalue weighted by molar-refractivity contribution is 9.09. The lowest BCUT2D eigenvalue weighted by Crippen LogP contribution is -2.19. The number of benzene rings is 2. The number of carbonyl (C=O) groups excluding carboxylic acids is 2. The number of hydrogen-bond donors (Lipinski definition) is 0. The third-order valence-electron chi connectivity index (χ3n) is 3.23. The van der Waals surface area contributed by atoms with Gasteiger partial charge in [0.05, 0.1) is 10.5 Å². The van der Waals surface area contributed by atoms with Crippen LogP contribution >= 0.6 is 15.9 Å². The fourth-order valence-corrected chi connectivity index (χ4v) is 2.14. The summed E-state index contributed by atoms with van der Waals surface area (Å²) in [5.74, 6) is -1.15. The lowest BCUT2D eigenvalue weighted by molar-refractivity contribution is -0.384. The first kappa shape index (κ1) is 18.6. The number of halogens is 1. The van der Waals surface area contributed by atoms with E-state index in [4.69, 9.17) is 9.47 Å². The van der Waals surface area contributed by atoms with Gasteiger partial charge in [-0.1, -0.05) is 46.3 Å². The highest BCUT2D eigenvalue weighted by Crippen LogP contribution is 2.19. The van der Waals surface area contributed by atoms with Gasteiger partial charge in [0.15, 0.2) is 6.10 Å². The molecule has 2 aromatic carbocycles. The third kappa shape index (κ3) is 5.39. The van der Waals surface area contributed by atoms with Crippen LogP contribution in [-0.2, 0) is 14.3 Å². The van der Waals surface area contributed by atoms with E-state index >= 15 is 0 Å². The molecule has 0 heterocycles. The molecule has 0 aliphatic heterocycles. The molecular weight excluding hydrogens is 394 g/mol. The summed E-state index contributed by atoms with van der Waals surface area (Å²) in [4.78, 5) is 33.7. The molecule has 0 radical (unpaired) electrons. The minimum Gasteiger partial charge on any atom is -0.458 e. The molecule has 0 spiro atoms. The number of esters is 2. The highest BCUT2D eigenvalue weighted by atomic mass is 79.9. The van der Waals surface area contributed by atoms with Crippen LogP contribution in [0.1, 0.15) is 22.0 Å². The number of alkyl halides is 1. The van der Waals surface area contributed by atoms with Gasteiger partial charge in [-0.05, 0) is 17.7 Å². The van der Waals surface area contributed by atoms with Crippen LogP contribution < -0.4 is 0 Å². The predicted molar refractivity (Wildman–Crippen MR) is 92.4 cm³/mol. The molecule has 0 aliphatic rings. The summed E-state index contributed by atoms with van der Waals surface area (Å²) < 4.78 is 10.5. The van der Waals surface area contributed by atoms with E-state index in [1.807, 2.05) is 6.07 Å². The second kappa shape index (κ2) is 8.93. The zero-order chi connectivity index (χ0) is 18.2. The summed E-state index contributed by atoms with van der Waals surface area (Å²) >= 11 is 3.01. The van der Waals surface area contributed by atoms with Crippen molar-refractivity contribution in [3.8, 4) is 0 Å². The van der Waals surface area contributed by atoms with E-state index in [-0.39, 0.29) is 23.2 Å². The smallest absolute Gasteiger partial charge is 0.338 e. The lowest BCUT2D eigenvalue weighted by atomic mass is 10.1. The molecule has 0 saturated carbocycles. The van der Waals surface area contributed by atoms with Gasteiger partial charge in [0, 0.05) is 12.1 Å². The molecule has 25 heavy (non-hydrogen) atoms. The van der Waals surface area contributed by atoms with Gasteiger partial charge >= 0.3 is 11.9 Å². The maximum atomic E-state index is 12.1. The number of nitrogens with zero attached hydrogens (tertiary/aromatic N) is 1. The second-order valence-corrected chi connectivity index (χ2v) is 5.49. The van der Waals surface area contributed by atoms with E-state index in [0.29, 0.717) is 5.56 Å². The Hall–Kier alpha value is -2.74. The molecule has 7 nitrogen and oxygen atoms in total. The zero-order valence-electron chi connectivity index (χ0n) is 13.0. The topological polar surface area (TPSA) is 95.7 Å². The molecule has 0 bridgehead atoms. The van der Waals surface area contributed by atoms with Crippen molar-refractivity contribution in [3.63, 3.8) is 0 Å². The van der Waals surface area contributed by atoms with Crippen LogP contribution in [0.15, 0.2) is 54.6 Å². The molecule has 2 rings (SSSR count). The molecule has 130 valence electrons. The number of nitro groups is 1. The lowest BCUT2D eigenvalue weighted by Gasteiger charge is -2.18. The van der Waals surface area contributed by atoms with Crippen LogP contribution in [-0.4, -0.2) is 28.8 Å². The van der Waals surface area contributed by atoms with Crippen molar-refractivity contribution in [3.05, 3.63) is 75.8 Å². The average molecular weight is 408 g/mol. The Kier molecular flexibility index (Phi) is 6.64. The van der Waals surface area contributed by atoms with E-state index < -0.39 is 23.0 Å². The van der Waals surface area contributed by atoms with Crippen LogP contribution in [0.2, 0.25) is 0 Å². The number of rotatable bonds is 7. The maximum Gasteiger partial charge on any atom is 0.338 e. The molecule has 2 aromatic rings. The van der Waals surface area contributed by atoms with Gasteiger partial charge < -0.3 is 9.47 Å². The van der Waals surface area contributed by atoms with Crippen LogP contribution in [0.25, 0.3) is 0 Å². The van der Waals surface area contributed by atoms with E-state index in [0.717, 1.165) is 0 Å². The number of ether oxygens (including phenoxy) is 2. The molecule has 0 N–H and O–H groups in total. The largest absolute Gasteiger partial charge is 0.458 e. The van der Waals surface area contributed by atoms with Crippen LogP contribution in [0, 0.1) is 10.1 Å². The summed E-state index contributed by atoms with van der Waals surface area (Å²) in [5.41, 5.74) is 0.738. The van der Waals surface area contributed by atoms with Crippen molar-refractivity contribution in [2.75, 3.05) is 11.9 Å². The second-order valence-electron chi connectivity index (χ2n) is 4.93. The molecule has 0 amide bonds. The Morgan fingerprint density at radius 2 is 1.72 bits per heavy atom. The molecule has 1 unspecified atom stereocenters. The summed E-state index contributed by atoms with van der Waals surface area (Å²) in [7, 11) is 0. The summed E-state index contributed by atoms with van der Waals surface area (Å²) in [6, 6.07) is 13.9. The van der Waals surface area contributed by atoms with E-state index in [9.17, 15) is 19.7 Å². The monoisotopic (exact) mass is 407 g/mol. The molecule has 0 saturated heterocycles. The van der Waals surface area contributed by atoms with E-state index in [2.05, 4.69) is 15.9 Å². The maximum absolute atomic E-state index is 12.1. The van der Waals surface area contributed by atoms with Crippen LogP contribution in [0.5, 0.6) is 0 Å². The van der Waals surface area contributed by atoms with Gasteiger partial charge in [0.25, 0.3) is 5.69 Å². The summed E-state index contributed by atoms with van der Waals surface area (Å²) in [5, 5.41) is 10.6. The quantitative estimate of drug-likeness (QED) is 0.302. The average Bonchev–Trinajstić information content (AvgIpc) is 2.65. The Labute approximate surface area is 151 Å². The predicted octanol–water partition coefficient (Wildman–Crippen LogP) is 3.43. The van der Waals surface area contributed by atoms with Crippen LogP contribution in [0.3, 0.4) is 0 Å². The van der Waals surface area contributed by atoms with Crippen molar-refractivity contribution in [1.29, 1.82) is 0 Å². The standard InChI is InChI=1S/C17H14BrNO6/c18-10-16(20)25-15(12-4-2-1-3-5-12)11-24-17(21)13-6-8-14(9-7-13)19(22)23/h1-9,15H,10-11H2. The van der Waals surface area contributed by atoms with Crippen molar-refractivity contribution in [2.24, 2.45) is 0 Å². The molecule has 0 aromatic heterocycles. The van der Waals surface area contributed by atoms with Gasteiger partial charge in [-0.3, -0.25) is 14.9 Å². The molecular formula is C17H14BrNO6. The van der Waals surface area contributed by atoms with Gasteiger partial charge in [-0.15, -0.1) is 0 Å². The Morgan fingerprint density at radius 3 is 2.28 bits per heavy atom. The van der Waals surface area contributed by atoms with Gasteiger partial charge in [0.2, 0.25) is 0 Å². The van der Waals surface area contributed by atoms with Crippen LogP contribution in [0.4, 0.5) is 5.69 Å². The molecule has 0 aliphatic carbocycles. The molecule has 1 atom stereocenters. The fraction of sp³-hybridized carbons (Fsp3) is 0.176.